The first-order valence-electron chi connectivity index (χ1n) is 5.72. The fourth-order valence-electron chi connectivity index (χ4n) is 1.51. The number of hydrogen-bond donors (Lipinski definition) is 1. The normalized spacial score (nSPS) is 11.4. The van der Waals surface area contributed by atoms with Gasteiger partial charge in [-0.05, 0) is 36.4 Å². The highest BCUT2D eigenvalue weighted by molar-refractivity contribution is 6.31. The first kappa shape index (κ1) is 14.6. The number of oxime groups is 1. The lowest BCUT2D eigenvalue weighted by Crippen LogP contribution is -2.13. The first-order valence-corrected chi connectivity index (χ1v) is 6.48. The Morgan fingerprint density at radius 2 is 1.85 bits per heavy atom. The summed E-state index contributed by atoms with van der Waals surface area (Å²) in [5.41, 5.74) is 6.64. The van der Waals surface area contributed by atoms with E-state index in [1.54, 1.807) is 30.3 Å². The molecule has 20 heavy (non-hydrogen) atoms. The highest BCUT2D eigenvalue weighted by Crippen LogP contribution is 2.19. The van der Waals surface area contributed by atoms with Gasteiger partial charge in [-0.3, -0.25) is 0 Å². The maximum atomic E-state index is 13.5. The third kappa shape index (κ3) is 3.62. The lowest BCUT2D eigenvalue weighted by atomic mass is 10.2. The van der Waals surface area contributed by atoms with Crippen LogP contribution in [0.5, 0.6) is 0 Å². The van der Waals surface area contributed by atoms with Gasteiger partial charge in [0.1, 0.15) is 12.4 Å². The van der Waals surface area contributed by atoms with Crippen LogP contribution >= 0.6 is 23.2 Å². The monoisotopic (exact) mass is 312 g/mol. The Balaban J connectivity index is 2.04. The molecule has 0 aliphatic heterocycles. The average Bonchev–Trinajstić information content (AvgIpc) is 2.42. The van der Waals surface area contributed by atoms with Gasteiger partial charge in [0.2, 0.25) is 0 Å². The Kier molecular flexibility index (Phi) is 4.82. The van der Waals surface area contributed by atoms with Crippen LogP contribution in [-0.4, -0.2) is 5.84 Å². The molecule has 2 aromatic carbocycles. The molecule has 0 fully saturated rings. The summed E-state index contributed by atoms with van der Waals surface area (Å²) < 4.78 is 13.5. The zero-order valence-corrected chi connectivity index (χ0v) is 11.8. The smallest absolute Gasteiger partial charge is 0.170 e. The van der Waals surface area contributed by atoms with Crippen molar-refractivity contribution in [2.45, 2.75) is 6.61 Å². The number of rotatable bonds is 4. The summed E-state index contributed by atoms with van der Waals surface area (Å²) in [6.45, 7) is -0.0974. The predicted molar refractivity (Wildman–Crippen MR) is 78.4 cm³/mol. The Labute approximate surface area is 125 Å². The van der Waals surface area contributed by atoms with Crippen LogP contribution in [0, 0.1) is 5.82 Å². The van der Waals surface area contributed by atoms with Crippen molar-refractivity contribution < 1.29 is 9.23 Å². The average molecular weight is 313 g/mol. The number of nitrogens with two attached hydrogens (primary N) is 1. The minimum absolute atomic E-state index is 0.0974. The molecule has 0 aromatic heterocycles. The van der Waals surface area contributed by atoms with E-state index in [-0.39, 0.29) is 23.0 Å². The molecule has 6 heteroatoms. The Hall–Kier alpha value is -1.78. The molecule has 0 atom stereocenters. The van der Waals surface area contributed by atoms with Gasteiger partial charge in [0.15, 0.2) is 5.84 Å². The molecule has 0 unspecified atom stereocenters. The van der Waals surface area contributed by atoms with Crippen LogP contribution in [0.4, 0.5) is 4.39 Å². The van der Waals surface area contributed by atoms with Crippen molar-refractivity contribution in [3.8, 4) is 0 Å². The molecule has 0 spiro atoms. The largest absolute Gasteiger partial charge is 0.389 e. The quantitative estimate of drug-likeness (QED) is 0.527. The Bertz CT molecular complexity index is 609. The molecule has 0 bridgehead atoms. The van der Waals surface area contributed by atoms with Gasteiger partial charge in [-0.2, -0.15) is 0 Å². The molecule has 0 aliphatic carbocycles. The minimum Gasteiger partial charge on any atom is -0.389 e. The fraction of sp³-hybridized carbons (Fsp3) is 0.0714. The Morgan fingerprint density at radius 1 is 1.15 bits per heavy atom. The summed E-state index contributed by atoms with van der Waals surface area (Å²) in [6.07, 6.45) is 0. The number of nitrogens with zero attached hydrogens (tertiary/aromatic N) is 1. The van der Waals surface area contributed by atoms with Gasteiger partial charge < -0.3 is 10.6 Å². The first-order chi connectivity index (χ1) is 9.58. The second kappa shape index (κ2) is 6.59. The maximum Gasteiger partial charge on any atom is 0.170 e. The predicted octanol–water partition coefficient (Wildman–Crippen LogP) is 3.97. The van der Waals surface area contributed by atoms with Crippen molar-refractivity contribution in [2.75, 3.05) is 0 Å². The van der Waals surface area contributed by atoms with E-state index >= 15 is 0 Å². The summed E-state index contributed by atoms with van der Waals surface area (Å²) in [4.78, 5) is 5.03. The number of halogens is 3. The lowest BCUT2D eigenvalue weighted by molar-refractivity contribution is 0.128. The molecule has 0 heterocycles. The molecular formula is C14H11Cl2FN2O. The molecular weight excluding hydrogens is 302 g/mol. The van der Waals surface area contributed by atoms with E-state index in [4.69, 9.17) is 33.8 Å². The van der Waals surface area contributed by atoms with Gasteiger partial charge in [-0.25, -0.2) is 4.39 Å². The van der Waals surface area contributed by atoms with Gasteiger partial charge in [-0.15, -0.1) is 0 Å². The van der Waals surface area contributed by atoms with E-state index in [1.165, 1.54) is 12.1 Å². The highest BCUT2D eigenvalue weighted by atomic mass is 35.5. The molecule has 0 aliphatic rings. The van der Waals surface area contributed by atoms with Crippen LogP contribution in [-0.2, 0) is 11.4 Å². The maximum absolute atomic E-state index is 13.5. The highest BCUT2D eigenvalue weighted by Gasteiger charge is 2.07. The zero-order chi connectivity index (χ0) is 14.5. The van der Waals surface area contributed by atoms with E-state index < -0.39 is 5.82 Å². The van der Waals surface area contributed by atoms with Crippen LogP contribution in [0.25, 0.3) is 0 Å². The summed E-state index contributed by atoms with van der Waals surface area (Å²) in [7, 11) is 0. The fourth-order valence-corrected chi connectivity index (χ4v) is 1.85. The van der Waals surface area contributed by atoms with Gasteiger partial charge in [0, 0.05) is 16.1 Å². The van der Waals surface area contributed by atoms with Gasteiger partial charge in [0.05, 0.1) is 5.02 Å². The molecule has 104 valence electrons. The van der Waals surface area contributed by atoms with Crippen LogP contribution in [0.2, 0.25) is 10.0 Å². The van der Waals surface area contributed by atoms with Gasteiger partial charge >= 0.3 is 0 Å². The number of benzene rings is 2. The third-order valence-electron chi connectivity index (χ3n) is 2.57. The SMILES string of the molecule is N/C(=N/OCc1c(F)cccc1Cl)c1ccc(Cl)cc1. The number of amidine groups is 1. The van der Waals surface area contributed by atoms with Crippen molar-refractivity contribution >= 4 is 29.0 Å². The lowest BCUT2D eigenvalue weighted by Gasteiger charge is -2.05. The molecule has 0 saturated carbocycles. The summed E-state index contributed by atoms with van der Waals surface area (Å²) >= 11 is 11.6. The minimum atomic E-state index is -0.447. The van der Waals surface area contributed by atoms with Crippen molar-refractivity contribution in [1.29, 1.82) is 0 Å². The van der Waals surface area contributed by atoms with Gasteiger partial charge in [-0.1, -0.05) is 34.4 Å². The Morgan fingerprint density at radius 3 is 2.50 bits per heavy atom. The molecule has 0 amide bonds. The van der Waals surface area contributed by atoms with E-state index in [0.29, 0.717) is 10.6 Å². The second-order valence-corrected chi connectivity index (χ2v) is 4.80. The molecule has 3 nitrogen and oxygen atoms in total. The van der Waals surface area contributed by atoms with Crippen LogP contribution in [0.15, 0.2) is 47.6 Å². The van der Waals surface area contributed by atoms with Crippen molar-refractivity contribution in [2.24, 2.45) is 10.9 Å². The van der Waals surface area contributed by atoms with E-state index in [2.05, 4.69) is 5.16 Å². The van der Waals surface area contributed by atoms with Crippen LogP contribution < -0.4 is 5.73 Å². The summed E-state index contributed by atoms with van der Waals surface area (Å²) in [6, 6.07) is 11.2. The van der Waals surface area contributed by atoms with E-state index in [1.807, 2.05) is 0 Å². The van der Waals surface area contributed by atoms with Crippen molar-refractivity contribution in [3.63, 3.8) is 0 Å². The molecule has 2 N–H and O–H groups in total. The second-order valence-electron chi connectivity index (χ2n) is 3.96. The number of hydrogen-bond acceptors (Lipinski definition) is 2. The molecule has 0 radical (unpaired) electrons. The third-order valence-corrected chi connectivity index (χ3v) is 3.18. The van der Waals surface area contributed by atoms with Crippen LogP contribution in [0.3, 0.4) is 0 Å². The van der Waals surface area contributed by atoms with E-state index in [0.717, 1.165) is 0 Å². The zero-order valence-electron chi connectivity index (χ0n) is 10.3. The van der Waals surface area contributed by atoms with E-state index in [9.17, 15) is 4.39 Å². The summed E-state index contributed by atoms with van der Waals surface area (Å²) in [5.74, 6) is -0.271. The van der Waals surface area contributed by atoms with Crippen molar-refractivity contribution in [1.82, 2.24) is 0 Å². The van der Waals surface area contributed by atoms with Crippen LogP contribution in [0.1, 0.15) is 11.1 Å². The molecule has 2 aromatic rings. The summed E-state index contributed by atoms with van der Waals surface area (Å²) in [5, 5.41) is 4.61. The molecule has 2 rings (SSSR count). The van der Waals surface area contributed by atoms with Gasteiger partial charge in [0.25, 0.3) is 0 Å². The molecule has 0 saturated heterocycles. The van der Waals surface area contributed by atoms with Crippen molar-refractivity contribution in [3.05, 3.63) is 69.5 Å². The standard InChI is InChI=1S/C14H11Cl2FN2O/c15-10-6-4-9(5-7-10)14(18)19-20-8-11-12(16)2-1-3-13(11)17/h1-7H,8H2,(H2,18,19). The topological polar surface area (TPSA) is 47.6 Å².